The molecule has 2 amide bonds. The van der Waals surface area contributed by atoms with Gasteiger partial charge in [-0.2, -0.15) is 0 Å². The number of hydrogen-bond donors (Lipinski definition) is 2. The minimum absolute atomic E-state index is 0.112. The highest BCUT2D eigenvalue weighted by atomic mass is 19.3. The average Bonchev–Trinajstić information content (AvgIpc) is 2.94. The number of likely N-dealkylation sites (tertiary alicyclic amines) is 1. The first-order chi connectivity index (χ1) is 12.3. The fourth-order valence-corrected chi connectivity index (χ4v) is 2.95. The Kier molecular flexibility index (Phi) is 4.90. The van der Waals surface area contributed by atoms with Gasteiger partial charge < -0.3 is 10.0 Å². The summed E-state index contributed by atoms with van der Waals surface area (Å²) in [4.78, 5) is 13.6. The van der Waals surface area contributed by atoms with Gasteiger partial charge in [-0.15, -0.1) is 5.10 Å². The Morgan fingerprint density at radius 3 is 2.88 bits per heavy atom. The fraction of sp³-hybridized carbons (Fsp3) is 0.412. The lowest BCUT2D eigenvalue weighted by Crippen LogP contribution is -2.51. The Hall–Kier alpha value is -2.55. The van der Waals surface area contributed by atoms with Crippen LogP contribution < -0.4 is 5.32 Å². The van der Waals surface area contributed by atoms with Crippen molar-refractivity contribution in [2.45, 2.75) is 19.3 Å². The molecule has 0 aliphatic carbocycles. The number of halogens is 3. The number of benzene rings is 1. The van der Waals surface area contributed by atoms with E-state index in [2.05, 4.69) is 10.4 Å². The quantitative estimate of drug-likeness (QED) is 0.875. The molecule has 1 aromatic heterocycles. The molecule has 2 aromatic rings. The molecule has 1 saturated heterocycles. The van der Waals surface area contributed by atoms with Gasteiger partial charge in [0.05, 0.1) is 18.2 Å². The summed E-state index contributed by atoms with van der Waals surface area (Å²) in [7, 11) is 0. The fourth-order valence-electron chi connectivity index (χ4n) is 2.95. The number of aliphatic hydroxyl groups is 1. The van der Waals surface area contributed by atoms with Crippen molar-refractivity contribution < 1.29 is 23.1 Å². The Balaban J connectivity index is 1.72. The van der Waals surface area contributed by atoms with Gasteiger partial charge in [-0.1, -0.05) is 6.07 Å². The zero-order valence-corrected chi connectivity index (χ0v) is 14.1. The Bertz CT molecular complexity index is 809. The van der Waals surface area contributed by atoms with Crippen LogP contribution in [0.25, 0.3) is 5.69 Å². The lowest BCUT2D eigenvalue weighted by atomic mass is 9.94. The maximum Gasteiger partial charge on any atom is 0.323 e. The molecule has 1 aliphatic rings. The molecule has 6 nitrogen and oxygen atoms in total. The lowest BCUT2D eigenvalue weighted by molar-refractivity contribution is -0.111. The Morgan fingerprint density at radius 2 is 2.19 bits per heavy atom. The van der Waals surface area contributed by atoms with Crippen molar-refractivity contribution in [3.63, 3.8) is 0 Å². The van der Waals surface area contributed by atoms with Gasteiger partial charge in [-0.25, -0.2) is 22.6 Å². The predicted octanol–water partition coefficient (Wildman–Crippen LogP) is 2.80. The monoisotopic (exact) mass is 368 g/mol. The molecule has 140 valence electrons. The second-order valence-corrected chi connectivity index (χ2v) is 6.33. The standard InChI is InChI=1S/C17H19F3N4O2/c1-11-7-15(22-24(11)14-4-2-3-13(18)8-14)21-16(26)23-6-5-17(19,20)12(9-23)10-25/h2-4,7-8,12,25H,5-6,9-10H2,1H3,(H,21,22,26). The lowest BCUT2D eigenvalue weighted by Gasteiger charge is -2.37. The van der Waals surface area contributed by atoms with Crippen LogP contribution >= 0.6 is 0 Å². The number of aryl methyl sites for hydroxylation is 1. The molecule has 26 heavy (non-hydrogen) atoms. The average molecular weight is 368 g/mol. The van der Waals surface area contributed by atoms with E-state index >= 15 is 0 Å². The van der Waals surface area contributed by atoms with Crippen molar-refractivity contribution in [2.75, 3.05) is 25.0 Å². The third kappa shape index (κ3) is 3.67. The van der Waals surface area contributed by atoms with Crippen molar-refractivity contribution >= 4 is 11.8 Å². The van der Waals surface area contributed by atoms with Crippen molar-refractivity contribution in [3.05, 3.63) is 41.8 Å². The summed E-state index contributed by atoms with van der Waals surface area (Å²) < 4.78 is 42.1. The van der Waals surface area contributed by atoms with E-state index in [1.807, 2.05) is 0 Å². The first kappa shape index (κ1) is 18.2. The summed E-state index contributed by atoms with van der Waals surface area (Å²) >= 11 is 0. The molecule has 0 spiro atoms. The Labute approximate surface area is 148 Å². The zero-order valence-electron chi connectivity index (χ0n) is 14.1. The third-order valence-corrected chi connectivity index (χ3v) is 4.44. The maximum absolute atomic E-state index is 13.6. The van der Waals surface area contributed by atoms with Crippen LogP contribution in [-0.4, -0.2) is 51.4 Å². The van der Waals surface area contributed by atoms with E-state index in [-0.39, 0.29) is 18.9 Å². The highest BCUT2D eigenvalue weighted by Gasteiger charge is 2.44. The summed E-state index contributed by atoms with van der Waals surface area (Å²) in [6.07, 6.45) is -0.498. The summed E-state index contributed by atoms with van der Waals surface area (Å²) in [5, 5.41) is 15.9. The Morgan fingerprint density at radius 1 is 1.42 bits per heavy atom. The summed E-state index contributed by atoms with van der Waals surface area (Å²) in [6.45, 7) is 0.707. The molecule has 1 atom stereocenters. The van der Waals surface area contributed by atoms with Crippen molar-refractivity contribution in [2.24, 2.45) is 5.92 Å². The topological polar surface area (TPSA) is 70.4 Å². The minimum atomic E-state index is -2.99. The van der Waals surface area contributed by atoms with Gasteiger partial charge in [-0.05, 0) is 25.1 Å². The van der Waals surface area contributed by atoms with Gasteiger partial charge in [0, 0.05) is 31.3 Å². The minimum Gasteiger partial charge on any atom is -0.396 e. The van der Waals surface area contributed by atoms with Crippen molar-refractivity contribution in [3.8, 4) is 5.69 Å². The molecule has 1 aliphatic heterocycles. The van der Waals surface area contributed by atoms with Crippen LogP contribution in [0.4, 0.5) is 23.8 Å². The molecule has 0 bridgehead atoms. The SMILES string of the molecule is Cc1cc(NC(=O)N2CCC(F)(F)C(CO)C2)nn1-c1cccc(F)c1. The highest BCUT2D eigenvalue weighted by molar-refractivity contribution is 5.88. The van der Waals surface area contributed by atoms with Crippen molar-refractivity contribution in [1.29, 1.82) is 0 Å². The summed E-state index contributed by atoms with van der Waals surface area (Å²) in [6, 6.07) is 6.88. The zero-order chi connectivity index (χ0) is 18.9. The third-order valence-electron chi connectivity index (χ3n) is 4.44. The highest BCUT2D eigenvalue weighted by Crippen LogP contribution is 2.33. The number of aromatic nitrogens is 2. The number of aliphatic hydroxyl groups excluding tert-OH is 1. The molecule has 2 N–H and O–H groups in total. The van der Waals surface area contributed by atoms with E-state index in [9.17, 15) is 18.0 Å². The van der Waals surface area contributed by atoms with Crippen LogP contribution in [0.3, 0.4) is 0 Å². The second kappa shape index (κ2) is 6.99. The number of rotatable bonds is 3. The number of piperidine rings is 1. The van der Waals surface area contributed by atoms with Crippen LogP contribution in [-0.2, 0) is 0 Å². The first-order valence-corrected chi connectivity index (χ1v) is 8.17. The van der Waals surface area contributed by atoms with Crippen LogP contribution in [0.2, 0.25) is 0 Å². The van der Waals surface area contributed by atoms with Gasteiger partial charge in [0.1, 0.15) is 5.82 Å². The van der Waals surface area contributed by atoms with E-state index in [1.165, 1.54) is 21.7 Å². The summed E-state index contributed by atoms with van der Waals surface area (Å²) in [5.41, 5.74) is 1.17. The first-order valence-electron chi connectivity index (χ1n) is 8.17. The van der Waals surface area contributed by atoms with Gasteiger partial charge in [-0.3, -0.25) is 5.32 Å². The molecule has 1 unspecified atom stereocenters. The molecule has 9 heteroatoms. The number of carbonyl (C=O) groups excluding carboxylic acids is 1. The van der Waals surface area contributed by atoms with Crippen LogP contribution in [0.5, 0.6) is 0 Å². The molecular formula is C17H19F3N4O2. The number of anilines is 1. The molecule has 0 radical (unpaired) electrons. The molecule has 0 saturated carbocycles. The van der Waals surface area contributed by atoms with Crippen LogP contribution in [0.15, 0.2) is 30.3 Å². The number of alkyl halides is 2. The summed E-state index contributed by atoms with van der Waals surface area (Å²) in [5.74, 6) is -4.45. The number of nitrogens with one attached hydrogen (secondary N) is 1. The largest absolute Gasteiger partial charge is 0.396 e. The maximum atomic E-state index is 13.6. The van der Waals surface area contributed by atoms with Gasteiger partial charge >= 0.3 is 6.03 Å². The van der Waals surface area contributed by atoms with E-state index in [0.717, 1.165) is 0 Å². The van der Waals surface area contributed by atoms with Crippen LogP contribution in [0.1, 0.15) is 12.1 Å². The van der Waals surface area contributed by atoms with Crippen LogP contribution in [0, 0.1) is 18.7 Å². The van der Waals surface area contributed by atoms with E-state index in [4.69, 9.17) is 5.11 Å². The van der Waals surface area contributed by atoms with Crippen molar-refractivity contribution in [1.82, 2.24) is 14.7 Å². The van der Waals surface area contributed by atoms with E-state index in [0.29, 0.717) is 11.4 Å². The molecule has 2 heterocycles. The molecule has 1 aromatic carbocycles. The van der Waals surface area contributed by atoms with E-state index < -0.39 is 36.7 Å². The molecule has 3 rings (SSSR count). The second-order valence-electron chi connectivity index (χ2n) is 6.33. The van der Waals surface area contributed by atoms with E-state index in [1.54, 1.807) is 25.1 Å². The smallest absolute Gasteiger partial charge is 0.323 e. The van der Waals surface area contributed by atoms with Gasteiger partial charge in [0.2, 0.25) is 0 Å². The number of nitrogens with zero attached hydrogens (tertiary/aromatic N) is 3. The number of amides is 2. The predicted molar refractivity (Wildman–Crippen MR) is 89.0 cm³/mol. The number of carbonyl (C=O) groups is 1. The van der Waals surface area contributed by atoms with Gasteiger partial charge in [0.25, 0.3) is 5.92 Å². The number of urea groups is 1. The van der Waals surface area contributed by atoms with Gasteiger partial charge in [0.15, 0.2) is 5.82 Å². The molecular weight excluding hydrogens is 349 g/mol. The normalized spacial score (nSPS) is 19.4. The molecule has 1 fully saturated rings. The number of hydrogen-bond acceptors (Lipinski definition) is 3.